The monoisotopic (exact) mass is 1730 g/mol. The van der Waals surface area contributed by atoms with Crippen molar-refractivity contribution < 1.29 is 86.7 Å². The van der Waals surface area contributed by atoms with Crippen LogP contribution in [0.25, 0.3) is 0 Å². The highest BCUT2D eigenvalue weighted by Gasteiger charge is 2.33. The first-order valence-electron chi connectivity index (χ1n) is 46.7. The first kappa shape index (κ1) is 114. The molecule has 0 rings (SSSR count). The molecule has 0 fully saturated rings. The van der Waals surface area contributed by atoms with E-state index in [-0.39, 0.29) is 76.5 Å². The smallest absolute Gasteiger partial charge is 0.408 e. The van der Waals surface area contributed by atoms with E-state index < -0.39 is 132 Å². The van der Waals surface area contributed by atoms with E-state index in [1.54, 1.807) is 83.1 Å². The lowest BCUT2D eigenvalue weighted by Crippen LogP contribution is -2.58. The summed E-state index contributed by atoms with van der Waals surface area (Å²) in [6.45, 7) is 24.9. The number of amides is 12. The highest BCUT2D eigenvalue weighted by atomic mass is 16.6. The van der Waals surface area contributed by atoms with Crippen molar-refractivity contribution in [3.05, 3.63) is 24.3 Å². The van der Waals surface area contributed by atoms with Crippen LogP contribution < -0.4 is 63.8 Å². The van der Waals surface area contributed by atoms with Gasteiger partial charge in [0.2, 0.25) is 47.3 Å². The van der Waals surface area contributed by atoms with Crippen molar-refractivity contribution in [1.29, 1.82) is 0 Å². The van der Waals surface area contributed by atoms with Crippen LogP contribution in [0.15, 0.2) is 24.3 Å². The Labute approximate surface area is 733 Å². The van der Waals surface area contributed by atoms with Gasteiger partial charge in [0, 0.05) is 52.1 Å². The van der Waals surface area contributed by atoms with Gasteiger partial charge < -0.3 is 93.0 Å². The topological polar surface area (TPSA) is 427 Å². The Morgan fingerprint density at radius 2 is 0.467 bits per heavy atom. The second-order valence-electron chi connectivity index (χ2n) is 36.2. The first-order chi connectivity index (χ1) is 57.9. The zero-order valence-corrected chi connectivity index (χ0v) is 78.0. The fourth-order valence-corrected chi connectivity index (χ4v) is 13.0. The Bertz CT molecular complexity index is 2750. The predicted molar refractivity (Wildman–Crippen MR) is 481 cm³/mol. The van der Waals surface area contributed by atoms with Gasteiger partial charge >= 0.3 is 24.4 Å². The summed E-state index contributed by atoms with van der Waals surface area (Å²) >= 11 is 0. The van der Waals surface area contributed by atoms with Crippen LogP contribution in [0, 0.1) is 0 Å². The number of alkyl carbamates (subject to hydrolysis) is 4. The summed E-state index contributed by atoms with van der Waals surface area (Å²) in [5, 5.41) is 53.6. The number of aliphatic hydroxyl groups is 2. The molecule has 0 aliphatic heterocycles. The normalized spacial score (nSPS) is 13.3. The van der Waals surface area contributed by atoms with Crippen LogP contribution in [-0.4, -0.2) is 193 Å². The Balaban J connectivity index is 5.89. The summed E-state index contributed by atoms with van der Waals surface area (Å²) in [7, 11) is 0. The first-order valence-corrected chi connectivity index (χ1v) is 46.7. The van der Waals surface area contributed by atoms with Gasteiger partial charge in [-0.15, -0.1) is 0 Å². The molecule has 0 aliphatic carbocycles. The van der Waals surface area contributed by atoms with Gasteiger partial charge in [-0.05, 0) is 237 Å². The van der Waals surface area contributed by atoms with Crippen molar-refractivity contribution in [2.45, 2.75) is 438 Å². The van der Waals surface area contributed by atoms with Crippen LogP contribution in [0.2, 0.25) is 0 Å². The van der Waals surface area contributed by atoms with Gasteiger partial charge in [-0.1, -0.05) is 154 Å². The summed E-state index contributed by atoms with van der Waals surface area (Å²) in [5.41, 5.74) is -3.20. The number of allylic oxidation sites excluding steroid dienone is 4. The minimum Gasteiger partial charge on any atom is -0.444 e. The minimum atomic E-state index is -1.52. The fraction of sp³-hybridized carbons (Fsp3) is 0.826. The molecule has 706 valence electrons. The number of hydrogen-bond acceptors (Lipinski definition) is 18. The van der Waals surface area contributed by atoms with E-state index in [1.807, 2.05) is 0 Å². The van der Waals surface area contributed by atoms with Gasteiger partial charge in [0.25, 0.3) is 0 Å². The Morgan fingerprint density at radius 1 is 0.246 bits per heavy atom. The third-order valence-electron chi connectivity index (χ3n) is 19.6. The number of carbonyl (C=O) groups is 12. The molecule has 6 atom stereocenters. The van der Waals surface area contributed by atoms with Crippen LogP contribution in [-0.2, 0) is 57.3 Å². The number of aliphatic hydroxyl groups excluding tert-OH is 2. The van der Waals surface area contributed by atoms with E-state index in [2.05, 4.69) is 102 Å². The molecule has 0 aliphatic rings. The molecule has 0 aromatic rings. The van der Waals surface area contributed by atoms with Crippen molar-refractivity contribution in [3.63, 3.8) is 0 Å². The largest absolute Gasteiger partial charge is 0.444 e. The zero-order valence-electron chi connectivity index (χ0n) is 78.0. The average molecular weight is 1730 g/mol. The summed E-state index contributed by atoms with van der Waals surface area (Å²) in [6, 6.07) is -7.60. The van der Waals surface area contributed by atoms with Crippen molar-refractivity contribution in [3.8, 4) is 0 Å². The van der Waals surface area contributed by atoms with Crippen LogP contribution in [0.5, 0.6) is 0 Å². The van der Waals surface area contributed by atoms with Crippen molar-refractivity contribution in [2.75, 3.05) is 52.5 Å². The standard InChI is InChI=1S/C92H170N12O18/c1-15-17-19-21-23-25-27-29-31-33-35-37-39-41-43-51-65-95-79(109)71(99-83(113)75(69-105)101-81(111)73(103-87(117)121-91(9,10)11)59-49-55-67-97-85(115)119-89(3,4)5)57-47-53-63-93-77(107)61-45-46-62-78(108)94-64-54-48-58-72(80(110)96-66-52-44-42-40-38-36-34-32-30-28-26-24-22-20-18-16-2)100-84(114)76(70-106)102-82(112)74(104-88(118)122-92(12,13)14)60-50-56-68-98-86(116)120-90(6,7)8/h29-32,71-76,105-106H,15-28,33-70H2,1-14H3,(H,93,107)(H,94,108)(H,95,109)(H,96,110)(H,97,115)(H,98,116)(H,99,113)(H,100,114)(H,101,111)(H,102,112)(H,103,117)(H,104,118). The fourth-order valence-electron chi connectivity index (χ4n) is 13.0. The zero-order chi connectivity index (χ0) is 91.3. The van der Waals surface area contributed by atoms with Gasteiger partial charge in [0.1, 0.15) is 58.7 Å². The molecule has 6 unspecified atom stereocenters. The lowest BCUT2D eigenvalue weighted by molar-refractivity contribution is -0.133. The summed E-state index contributed by atoms with van der Waals surface area (Å²) in [6.07, 6.45) is 42.7. The summed E-state index contributed by atoms with van der Waals surface area (Å²) in [5.74, 6) is -4.60. The number of carbonyl (C=O) groups excluding carboxylic acids is 12. The van der Waals surface area contributed by atoms with Gasteiger partial charge in [-0.25, -0.2) is 19.2 Å². The van der Waals surface area contributed by atoms with Crippen molar-refractivity contribution in [2.24, 2.45) is 0 Å². The molecule has 0 heterocycles. The lowest BCUT2D eigenvalue weighted by atomic mass is 10.1. The van der Waals surface area contributed by atoms with Gasteiger partial charge in [-0.3, -0.25) is 38.4 Å². The van der Waals surface area contributed by atoms with E-state index in [9.17, 15) is 67.7 Å². The van der Waals surface area contributed by atoms with Crippen LogP contribution in [0.3, 0.4) is 0 Å². The Hall–Kier alpha value is -7.76. The van der Waals surface area contributed by atoms with Crippen molar-refractivity contribution >= 4 is 71.6 Å². The molecule has 12 amide bonds. The van der Waals surface area contributed by atoms with Crippen molar-refractivity contribution in [1.82, 2.24) is 63.8 Å². The Kier molecular flexibility index (Phi) is 66.0. The number of unbranched alkanes of at least 4 members (excludes halogenated alkanes) is 29. The molecule has 0 radical (unpaired) electrons. The molecule has 30 nitrogen and oxygen atoms in total. The number of nitrogens with one attached hydrogen (secondary N) is 12. The number of rotatable bonds is 71. The van der Waals surface area contributed by atoms with Crippen LogP contribution in [0.4, 0.5) is 19.2 Å². The SMILES string of the molecule is CCCCCCCCC=CCCCCCCCCNC(=O)C(CCCCNC(=O)CCCCC(=O)NCCCCC(NC(=O)C(CO)NC(=O)C(CCCCNC(=O)OC(C)(C)C)NC(=O)OC(C)(C)C)C(=O)NCCCCCCCCC=CCCCCCCCC)NC(=O)C(CO)NC(=O)C(CCCCNC(=O)OC(C)(C)C)NC(=O)OC(C)(C)C. The highest BCUT2D eigenvalue weighted by Crippen LogP contribution is 2.18. The predicted octanol–water partition coefficient (Wildman–Crippen LogP) is 14.5. The number of ether oxygens (including phenoxy) is 4. The second kappa shape index (κ2) is 70.5. The third kappa shape index (κ3) is 69.6. The lowest BCUT2D eigenvalue weighted by Gasteiger charge is -2.26. The van der Waals surface area contributed by atoms with Crippen LogP contribution in [0.1, 0.15) is 379 Å². The highest BCUT2D eigenvalue weighted by molar-refractivity contribution is 5.95. The molecule has 0 aromatic carbocycles. The average Bonchev–Trinajstić information content (AvgIpc) is 0.872. The van der Waals surface area contributed by atoms with Gasteiger partial charge in [-0.2, -0.15) is 0 Å². The molecule has 0 saturated carbocycles. The molecule has 0 aromatic heterocycles. The molecule has 14 N–H and O–H groups in total. The molecule has 30 heteroatoms. The summed E-state index contributed by atoms with van der Waals surface area (Å²) < 4.78 is 21.4. The van der Waals surface area contributed by atoms with E-state index in [1.165, 1.54) is 77.0 Å². The summed E-state index contributed by atoms with van der Waals surface area (Å²) in [4.78, 5) is 160. The minimum absolute atomic E-state index is 0.0755. The number of hydrogen-bond donors (Lipinski definition) is 14. The maximum Gasteiger partial charge on any atom is 0.408 e. The van der Waals surface area contributed by atoms with E-state index in [4.69, 9.17) is 18.9 Å². The molecule has 122 heavy (non-hydrogen) atoms. The van der Waals surface area contributed by atoms with E-state index >= 15 is 0 Å². The maximum absolute atomic E-state index is 13.9. The maximum atomic E-state index is 13.9. The molecule has 0 bridgehead atoms. The van der Waals surface area contributed by atoms with E-state index in [0.717, 1.165) is 103 Å². The van der Waals surface area contributed by atoms with E-state index in [0.29, 0.717) is 77.3 Å². The van der Waals surface area contributed by atoms with Gasteiger partial charge in [0.15, 0.2) is 0 Å². The molecule has 0 saturated heterocycles. The van der Waals surface area contributed by atoms with Crippen LogP contribution >= 0.6 is 0 Å². The molecular weight excluding hydrogens is 1560 g/mol. The Morgan fingerprint density at radius 3 is 0.746 bits per heavy atom. The quantitative estimate of drug-likeness (QED) is 0.0153. The van der Waals surface area contributed by atoms with Gasteiger partial charge in [0.05, 0.1) is 13.2 Å². The third-order valence-corrected chi connectivity index (χ3v) is 19.6. The molecule has 0 spiro atoms. The molecular formula is C92H170N12O18. The second-order valence-corrected chi connectivity index (χ2v) is 36.2.